The number of benzene rings is 1. The van der Waals surface area contributed by atoms with E-state index in [0.29, 0.717) is 18.7 Å². The summed E-state index contributed by atoms with van der Waals surface area (Å²) in [7, 11) is 0. The number of ketones is 1. The summed E-state index contributed by atoms with van der Waals surface area (Å²) < 4.78 is 37.4. The number of pyridine rings is 1. The maximum absolute atomic E-state index is 13.0. The summed E-state index contributed by atoms with van der Waals surface area (Å²) in [6.45, 7) is 3.50. The molecule has 0 spiro atoms. The molecular formula is C25H27F2N3O3. The summed E-state index contributed by atoms with van der Waals surface area (Å²) in [6.07, 6.45) is 2.67. The molecule has 3 atom stereocenters. The number of Topliss-reactive ketones (excluding diaryl/α,β-unsaturated/α-hetero) is 1. The minimum Gasteiger partial charge on any atom is -0.491 e. The molecule has 174 valence electrons. The first-order valence-corrected chi connectivity index (χ1v) is 11.2. The monoisotopic (exact) mass is 455 g/mol. The van der Waals surface area contributed by atoms with E-state index in [1.807, 2.05) is 43.3 Å². The summed E-state index contributed by atoms with van der Waals surface area (Å²) in [6, 6.07) is 13.3. The van der Waals surface area contributed by atoms with Crippen molar-refractivity contribution in [3.05, 3.63) is 48.2 Å². The minimum absolute atomic E-state index is 0.0153. The normalized spacial score (nSPS) is 21.8. The molecule has 1 aromatic carbocycles. The van der Waals surface area contributed by atoms with E-state index >= 15 is 0 Å². The Balaban J connectivity index is 1.24. The van der Waals surface area contributed by atoms with Crippen molar-refractivity contribution in [2.45, 2.75) is 50.6 Å². The first-order chi connectivity index (χ1) is 15.8. The molecule has 0 bridgehead atoms. The zero-order chi connectivity index (χ0) is 23.4. The van der Waals surface area contributed by atoms with Gasteiger partial charge in [-0.25, -0.2) is 13.8 Å². The smallest absolute Gasteiger partial charge is 0.255 e. The average Bonchev–Trinajstić information content (AvgIpc) is 3.16. The molecule has 1 aromatic heterocycles. The van der Waals surface area contributed by atoms with E-state index in [1.54, 1.807) is 12.3 Å². The molecule has 33 heavy (non-hydrogen) atoms. The molecular weight excluding hydrogens is 428 g/mol. The fraction of sp³-hybridized carbons (Fsp3) is 0.480. The Morgan fingerprint density at radius 3 is 2.64 bits per heavy atom. The van der Waals surface area contributed by atoms with Gasteiger partial charge in [0, 0.05) is 25.8 Å². The van der Waals surface area contributed by atoms with Gasteiger partial charge in [-0.15, -0.1) is 0 Å². The van der Waals surface area contributed by atoms with Gasteiger partial charge >= 0.3 is 0 Å². The molecule has 2 aromatic rings. The van der Waals surface area contributed by atoms with Gasteiger partial charge in [0.2, 0.25) is 0 Å². The van der Waals surface area contributed by atoms with E-state index < -0.39 is 11.8 Å². The second-order valence-corrected chi connectivity index (χ2v) is 8.85. The number of aromatic nitrogens is 1. The Morgan fingerprint density at radius 1 is 1.27 bits per heavy atom. The molecule has 0 N–H and O–H groups in total. The number of alkyl halides is 2. The van der Waals surface area contributed by atoms with Crippen LogP contribution in [0.3, 0.4) is 0 Å². The van der Waals surface area contributed by atoms with Crippen LogP contribution in [0.2, 0.25) is 0 Å². The van der Waals surface area contributed by atoms with Crippen molar-refractivity contribution >= 4 is 11.6 Å². The molecule has 2 fully saturated rings. The quantitative estimate of drug-likeness (QED) is 0.515. The highest BCUT2D eigenvalue weighted by Gasteiger charge is 2.57. The zero-order valence-electron chi connectivity index (χ0n) is 18.5. The number of nitrogens with zero attached hydrogens (tertiary/aromatic N) is 3. The van der Waals surface area contributed by atoms with Crippen LogP contribution in [0, 0.1) is 17.2 Å². The average molecular weight is 456 g/mol. The van der Waals surface area contributed by atoms with Crippen LogP contribution < -0.4 is 14.4 Å². The Kier molecular flexibility index (Phi) is 6.77. The van der Waals surface area contributed by atoms with E-state index in [2.05, 4.69) is 9.88 Å². The largest absolute Gasteiger partial charge is 0.491 e. The molecule has 1 aliphatic carbocycles. The Hall–Kier alpha value is -3.21. The van der Waals surface area contributed by atoms with Crippen molar-refractivity contribution in [3.8, 4) is 17.6 Å². The number of hydrogen-bond donors (Lipinski definition) is 0. The molecule has 6 nitrogen and oxygen atoms in total. The van der Waals surface area contributed by atoms with Crippen LogP contribution in [-0.2, 0) is 4.79 Å². The highest BCUT2D eigenvalue weighted by Crippen LogP contribution is 2.48. The first-order valence-electron chi connectivity index (χ1n) is 11.2. The number of carbonyl (C=O) groups excluding carboxylic acids is 1. The van der Waals surface area contributed by atoms with Crippen molar-refractivity contribution in [3.63, 3.8) is 0 Å². The Bertz CT molecular complexity index is 1010. The van der Waals surface area contributed by atoms with Gasteiger partial charge in [0.15, 0.2) is 0 Å². The lowest BCUT2D eigenvalue weighted by atomic mass is 9.95. The lowest BCUT2D eigenvalue weighted by Crippen LogP contribution is -2.25. The molecule has 2 unspecified atom stereocenters. The Labute approximate surface area is 192 Å². The molecule has 1 aliphatic heterocycles. The van der Waals surface area contributed by atoms with E-state index in [9.17, 15) is 13.6 Å². The molecule has 4 rings (SSSR count). The number of carbonyl (C=O) groups is 1. The highest BCUT2D eigenvalue weighted by atomic mass is 19.3. The fourth-order valence-electron chi connectivity index (χ4n) is 4.01. The Morgan fingerprint density at radius 2 is 2.00 bits per heavy atom. The van der Waals surface area contributed by atoms with E-state index in [0.717, 1.165) is 30.1 Å². The van der Waals surface area contributed by atoms with Gasteiger partial charge in [0.1, 0.15) is 29.2 Å². The minimum atomic E-state index is -2.58. The second kappa shape index (κ2) is 9.74. The molecule has 2 heterocycles. The number of halogens is 2. The van der Waals surface area contributed by atoms with Crippen molar-refractivity contribution in [1.82, 2.24) is 4.98 Å². The zero-order valence-corrected chi connectivity index (χ0v) is 18.5. The summed E-state index contributed by atoms with van der Waals surface area (Å²) in [5, 5.41) is 8.63. The number of nitriles is 1. The summed E-state index contributed by atoms with van der Waals surface area (Å²) in [4.78, 5) is 18.2. The van der Waals surface area contributed by atoms with Crippen molar-refractivity contribution in [2.24, 2.45) is 5.92 Å². The van der Waals surface area contributed by atoms with Gasteiger partial charge in [-0.2, -0.15) is 5.26 Å². The maximum Gasteiger partial charge on any atom is 0.255 e. The standard InChI is InChI=1S/C25H27F2N3O3/c1-17(12-20(31)8-10-28)18-2-4-21(5-3-18)33-23-9-11-30(15-23)24-7-6-22(14-29-24)32-16-19-13-25(19,26)27/h2-7,14,17,19,23H,8-9,11-13,15-16H2,1H3/t17-,19?,23?/m1/s1. The lowest BCUT2D eigenvalue weighted by Gasteiger charge is -2.19. The van der Waals surface area contributed by atoms with Crippen LogP contribution in [0.5, 0.6) is 11.5 Å². The van der Waals surface area contributed by atoms with Crippen LogP contribution in [-0.4, -0.2) is 42.5 Å². The van der Waals surface area contributed by atoms with Crippen LogP contribution in [0.25, 0.3) is 0 Å². The number of hydrogen-bond acceptors (Lipinski definition) is 6. The van der Waals surface area contributed by atoms with Gasteiger partial charge in [-0.3, -0.25) is 4.79 Å². The van der Waals surface area contributed by atoms with Crippen LogP contribution in [0.1, 0.15) is 44.1 Å². The first kappa shape index (κ1) is 23.0. The number of rotatable bonds is 10. The van der Waals surface area contributed by atoms with E-state index in [-0.39, 0.29) is 37.3 Å². The molecule has 8 heteroatoms. The van der Waals surface area contributed by atoms with E-state index in [4.69, 9.17) is 14.7 Å². The molecule has 0 radical (unpaired) electrons. The van der Waals surface area contributed by atoms with Gasteiger partial charge in [0.05, 0.1) is 37.8 Å². The molecule has 0 amide bonds. The number of anilines is 1. The van der Waals surface area contributed by atoms with Crippen molar-refractivity contribution in [1.29, 1.82) is 5.26 Å². The SMILES string of the molecule is C[C@H](CC(=O)CC#N)c1ccc(OC2CCN(c3ccc(OCC4CC4(F)F)cn3)C2)cc1. The second-order valence-electron chi connectivity index (χ2n) is 8.85. The van der Waals surface area contributed by atoms with Gasteiger partial charge in [-0.05, 0) is 35.7 Å². The molecule has 1 saturated carbocycles. The highest BCUT2D eigenvalue weighted by molar-refractivity contribution is 5.81. The summed E-state index contributed by atoms with van der Waals surface area (Å²) in [5.74, 6) is -1.18. The van der Waals surface area contributed by atoms with Crippen molar-refractivity contribution in [2.75, 3.05) is 24.6 Å². The summed E-state index contributed by atoms with van der Waals surface area (Å²) in [5.41, 5.74) is 1.04. The molecule has 1 saturated heterocycles. The lowest BCUT2D eigenvalue weighted by molar-refractivity contribution is -0.118. The van der Waals surface area contributed by atoms with Gasteiger partial charge in [-0.1, -0.05) is 19.1 Å². The third-order valence-electron chi connectivity index (χ3n) is 6.16. The number of ether oxygens (including phenoxy) is 2. The predicted molar refractivity (Wildman–Crippen MR) is 119 cm³/mol. The third kappa shape index (κ3) is 5.98. The van der Waals surface area contributed by atoms with Crippen LogP contribution in [0.15, 0.2) is 42.6 Å². The van der Waals surface area contributed by atoms with Crippen LogP contribution in [0.4, 0.5) is 14.6 Å². The predicted octanol–water partition coefficient (Wildman–Crippen LogP) is 4.75. The fourth-order valence-corrected chi connectivity index (χ4v) is 4.01. The van der Waals surface area contributed by atoms with Crippen LogP contribution >= 0.6 is 0 Å². The van der Waals surface area contributed by atoms with E-state index in [1.165, 1.54) is 0 Å². The topological polar surface area (TPSA) is 75.5 Å². The van der Waals surface area contributed by atoms with Gasteiger partial charge < -0.3 is 14.4 Å². The van der Waals surface area contributed by atoms with Crippen molar-refractivity contribution < 1.29 is 23.0 Å². The summed E-state index contributed by atoms with van der Waals surface area (Å²) >= 11 is 0. The third-order valence-corrected chi connectivity index (χ3v) is 6.16. The molecule has 2 aliphatic rings. The maximum atomic E-state index is 13.0. The van der Waals surface area contributed by atoms with Gasteiger partial charge in [0.25, 0.3) is 5.92 Å².